The molecule has 0 saturated carbocycles. The maximum atomic E-state index is 11.7. The molecule has 1 N–H and O–H groups in total. The highest BCUT2D eigenvalue weighted by molar-refractivity contribution is 5.88. The molecule has 1 rings (SSSR count). The van der Waals surface area contributed by atoms with Crippen LogP contribution in [0.2, 0.25) is 0 Å². The van der Waals surface area contributed by atoms with Crippen molar-refractivity contribution in [1.29, 1.82) is 0 Å². The van der Waals surface area contributed by atoms with E-state index in [0.717, 1.165) is 6.42 Å². The SMILES string of the molecule is C/C=C/C=C/C(=O)N1CCCC(C(=O)O)C1. The summed E-state index contributed by atoms with van der Waals surface area (Å²) in [7, 11) is 0. The van der Waals surface area contributed by atoms with Crippen molar-refractivity contribution in [2.45, 2.75) is 19.8 Å². The van der Waals surface area contributed by atoms with E-state index in [1.165, 1.54) is 6.08 Å². The van der Waals surface area contributed by atoms with E-state index in [9.17, 15) is 9.59 Å². The number of allylic oxidation sites excluding steroid dienone is 3. The first-order chi connectivity index (χ1) is 7.65. The molecule has 1 aliphatic heterocycles. The van der Waals surface area contributed by atoms with Gasteiger partial charge in [0.1, 0.15) is 0 Å². The standard InChI is InChI=1S/C12H17NO3/c1-2-3-4-7-11(14)13-8-5-6-10(9-13)12(15)16/h2-4,7,10H,5-6,8-9H2,1H3,(H,15,16)/b3-2+,7-4+. The number of rotatable bonds is 3. The Bertz CT molecular complexity index is 320. The topological polar surface area (TPSA) is 57.6 Å². The second kappa shape index (κ2) is 6.10. The Morgan fingerprint density at radius 2 is 2.12 bits per heavy atom. The van der Waals surface area contributed by atoms with Crippen LogP contribution in [0.15, 0.2) is 24.3 Å². The van der Waals surface area contributed by atoms with Crippen molar-refractivity contribution in [3.63, 3.8) is 0 Å². The molecule has 1 saturated heterocycles. The fourth-order valence-corrected chi connectivity index (χ4v) is 1.73. The maximum absolute atomic E-state index is 11.7. The summed E-state index contributed by atoms with van der Waals surface area (Å²) in [5.74, 6) is -1.33. The molecular formula is C12H17NO3. The predicted octanol–water partition coefficient (Wildman–Crippen LogP) is 1.44. The Labute approximate surface area is 95.2 Å². The molecule has 4 nitrogen and oxygen atoms in total. The molecule has 1 unspecified atom stereocenters. The molecule has 1 heterocycles. The summed E-state index contributed by atoms with van der Waals surface area (Å²) >= 11 is 0. The van der Waals surface area contributed by atoms with Crippen LogP contribution in [0.5, 0.6) is 0 Å². The number of likely N-dealkylation sites (tertiary alicyclic amines) is 1. The molecule has 0 radical (unpaired) electrons. The van der Waals surface area contributed by atoms with Crippen molar-refractivity contribution in [3.05, 3.63) is 24.3 Å². The van der Waals surface area contributed by atoms with E-state index in [2.05, 4.69) is 0 Å². The lowest BCUT2D eigenvalue weighted by Crippen LogP contribution is -2.41. The quantitative estimate of drug-likeness (QED) is 0.582. The molecule has 0 spiro atoms. The van der Waals surface area contributed by atoms with Gasteiger partial charge in [0, 0.05) is 19.2 Å². The van der Waals surface area contributed by atoms with Crippen molar-refractivity contribution < 1.29 is 14.7 Å². The number of piperidine rings is 1. The van der Waals surface area contributed by atoms with Gasteiger partial charge >= 0.3 is 5.97 Å². The van der Waals surface area contributed by atoms with Gasteiger partial charge in [-0.15, -0.1) is 0 Å². The monoisotopic (exact) mass is 223 g/mol. The van der Waals surface area contributed by atoms with E-state index < -0.39 is 11.9 Å². The number of hydrogen-bond donors (Lipinski definition) is 1. The first-order valence-corrected chi connectivity index (χ1v) is 5.46. The summed E-state index contributed by atoms with van der Waals surface area (Å²) in [6, 6.07) is 0. The number of carboxylic acid groups (broad SMARTS) is 1. The van der Waals surface area contributed by atoms with Gasteiger partial charge in [0.2, 0.25) is 5.91 Å². The fraction of sp³-hybridized carbons (Fsp3) is 0.500. The zero-order valence-corrected chi connectivity index (χ0v) is 9.43. The highest BCUT2D eigenvalue weighted by Crippen LogP contribution is 2.16. The van der Waals surface area contributed by atoms with E-state index in [1.54, 1.807) is 17.1 Å². The molecule has 1 atom stereocenters. The number of amides is 1. The van der Waals surface area contributed by atoms with E-state index in [-0.39, 0.29) is 5.91 Å². The zero-order valence-electron chi connectivity index (χ0n) is 9.43. The van der Waals surface area contributed by atoms with Gasteiger partial charge < -0.3 is 10.0 Å². The van der Waals surface area contributed by atoms with E-state index in [4.69, 9.17) is 5.11 Å². The molecule has 1 aliphatic rings. The lowest BCUT2D eigenvalue weighted by molar-refractivity contribution is -0.144. The number of carboxylic acids is 1. The van der Waals surface area contributed by atoms with Crippen LogP contribution in [0.4, 0.5) is 0 Å². The molecule has 1 amide bonds. The molecule has 0 aliphatic carbocycles. The minimum atomic E-state index is -0.810. The predicted molar refractivity (Wildman–Crippen MR) is 60.9 cm³/mol. The van der Waals surface area contributed by atoms with Crippen LogP contribution >= 0.6 is 0 Å². The summed E-state index contributed by atoms with van der Waals surface area (Å²) in [6.07, 6.45) is 8.19. The Morgan fingerprint density at radius 1 is 1.38 bits per heavy atom. The summed E-state index contributed by atoms with van der Waals surface area (Å²) in [5.41, 5.74) is 0. The van der Waals surface area contributed by atoms with Gasteiger partial charge in [-0.25, -0.2) is 0 Å². The summed E-state index contributed by atoms with van der Waals surface area (Å²) < 4.78 is 0. The number of hydrogen-bond acceptors (Lipinski definition) is 2. The molecule has 1 fully saturated rings. The average molecular weight is 223 g/mol. The number of nitrogens with zero attached hydrogens (tertiary/aromatic N) is 1. The molecule has 4 heteroatoms. The van der Waals surface area contributed by atoms with Crippen molar-refractivity contribution >= 4 is 11.9 Å². The van der Waals surface area contributed by atoms with Gasteiger partial charge in [-0.3, -0.25) is 9.59 Å². The second-order valence-electron chi connectivity index (χ2n) is 3.85. The molecule has 0 aromatic carbocycles. The van der Waals surface area contributed by atoms with Gasteiger partial charge in [-0.2, -0.15) is 0 Å². The highest BCUT2D eigenvalue weighted by Gasteiger charge is 2.26. The Morgan fingerprint density at radius 3 is 2.75 bits per heavy atom. The Hall–Kier alpha value is -1.58. The normalized spacial score (nSPS) is 21.8. The minimum Gasteiger partial charge on any atom is -0.481 e. The van der Waals surface area contributed by atoms with Gasteiger partial charge in [0.15, 0.2) is 0 Å². The molecule has 0 aromatic heterocycles. The first kappa shape index (κ1) is 12.5. The van der Waals surface area contributed by atoms with Crippen LogP contribution in [-0.4, -0.2) is 35.0 Å². The first-order valence-electron chi connectivity index (χ1n) is 5.46. The average Bonchev–Trinajstić information content (AvgIpc) is 2.29. The minimum absolute atomic E-state index is 0.107. The Kier molecular flexibility index (Phi) is 4.76. The highest BCUT2D eigenvalue weighted by atomic mass is 16.4. The van der Waals surface area contributed by atoms with Crippen LogP contribution in [0.3, 0.4) is 0 Å². The van der Waals surface area contributed by atoms with Crippen molar-refractivity contribution in [2.24, 2.45) is 5.92 Å². The Balaban J connectivity index is 2.53. The largest absolute Gasteiger partial charge is 0.481 e. The second-order valence-corrected chi connectivity index (χ2v) is 3.85. The van der Waals surface area contributed by atoms with Gasteiger partial charge in [-0.1, -0.05) is 18.2 Å². The van der Waals surface area contributed by atoms with E-state index in [1.807, 2.05) is 13.0 Å². The van der Waals surface area contributed by atoms with Crippen LogP contribution in [0.1, 0.15) is 19.8 Å². The molecule has 0 aromatic rings. The smallest absolute Gasteiger partial charge is 0.308 e. The van der Waals surface area contributed by atoms with Gasteiger partial charge in [-0.05, 0) is 19.8 Å². The summed E-state index contributed by atoms with van der Waals surface area (Å²) in [5, 5.41) is 8.88. The third-order valence-corrected chi connectivity index (χ3v) is 2.62. The van der Waals surface area contributed by atoms with Crippen LogP contribution in [0.25, 0.3) is 0 Å². The number of aliphatic carboxylic acids is 1. The molecule has 16 heavy (non-hydrogen) atoms. The third-order valence-electron chi connectivity index (χ3n) is 2.62. The van der Waals surface area contributed by atoms with E-state index in [0.29, 0.717) is 19.5 Å². The fourth-order valence-electron chi connectivity index (χ4n) is 1.73. The van der Waals surface area contributed by atoms with Crippen molar-refractivity contribution in [3.8, 4) is 0 Å². The lowest BCUT2D eigenvalue weighted by Gasteiger charge is -2.29. The maximum Gasteiger partial charge on any atom is 0.308 e. The van der Waals surface area contributed by atoms with Crippen molar-refractivity contribution in [2.75, 3.05) is 13.1 Å². The van der Waals surface area contributed by atoms with Gasteiger partial charge in [0.25, 0.3) is 0 Å². The number of carbonyl (C=O) groups is 2. The van der Waals surface area contributed by atoms with Crippen LogP contribution in [-0.2, 0) is 9.59 Å². The summed E-state index contributed by atoms with van der Waals surface area (Å²) in [6.45, 7) is 2.85. The van der Waals surface area contributed by atoms with Crippen LogP contribution < -0.4 is 0 Å². The van der Waals surface area contributed by atoms with E-state index >= 15 is 0 Å². The third kappa shape index (κ3) is 3.53. The number of carbonyl (C=O) groups excluding carboxylic acids is 1. The molecular weight excluding hydrogens is 206 g/mol. The molecule has 88 valence electrons. The lowest BCUT2D eigenvalue weighted by atomic mass is 9.98. The molecule has 0 bridgehead atoms. The van der Waals surface area contributed by atoms with Crippen molar-refractivity contribution in [1.82, 2.24) is 4.90 Å². The van der Waals surface area contributed by atoms with Crippen LogP contribution in [0, 0.1) is 5.92 Å². The van der Waals surface area contributed by atoms with Gasteiger partial charge in [0.05, 0.1) is 5.92 Å². The zero-order chi connectivity index (χ0) is 12.0. The summed E-state index contributed by atoms with van der Waals surface area (Å²) in [4.78, 5) is 24.1.